The van der Waals surface area contributed by atoms with E-state index in [0.717, 1.165) is 29.0 Å². The van der Waals surface area contributed by atoms with E-state index in [4.69, 9.17) is 11.6 Å². The number of benzene rings is 1. The molecule has 1 atom stereocenters. The first-order valence-corrected chi connectivity index (χ1v) is 7.48. The lowest BCUT2D eigenvalue weighted by Crippen LogP contribution is -2.05. The van der Waals surface area contributed by atoms with Crippen LogP contribution in [0.3, 0.4) is 0 Å². The molecule has 1 heterocycles. The van der Waals surface area contributed by atoms with Gasteiger partial charge in [0, 0.05) is 36.2 Å². The number of hydrogen-bond donors (Lipinski definition) is 0. The summed E-state index contributed by atoms with van der Waals surface area (Å²) < 4.78 is 2.08. The fourth-order valence-electron chi connectivity index (χ4n) is 2.01. The van der Waals surface area contributed by atoms with E-state index in [9.17, 15) is 0 Å². The molecule has 1 unspecified atom stereocenters. The van der Waals surface area contributed by atoms with Crippen LogP contribution >= 0.6 is 27.5 Å². The van der Waals surface area contributed by atoms with Crippen LogP contribution in [0.25, 0.3) is 0 Å². The molecule has 0 N–H and O–H groups in total. The van der Waals surface area contributed by atoms with Crippen molar-refractivity contribution in [1.29, 1.82) is 0 Å². The van der Waals surface area contributed by atoms with Gasteiger partial charge in [-0.2, -0.15) is 0 Å². The van der Waals surface area contributed by atoms with Crippen molar-refractivity contribution in [3.63, 3.8) is 0 Å². The summed E-state index contributed by atoms with van der Waals surface area (Å²) in [5.41, 5.74) is 1.32. The van der Waals surface area contributed by atoms with Gasteiger partial charge in [0.2, 0.25) is 0 Å². The number of rotatable bonds is 5. The van der Waals surface area contributed by atoms with Crippen molar-refractivity contribution in [2.24, 2.45) is 7.05 Å². The maximum absolute atomic E-state index is 5.91. The molecule has 0 aliphatic heterocycles. The summed E-state index contributed by atoms with van der Waals surface area (Å²) >= 11 is 9.51. The summed E-state index contributed by atoms with van der Waals surface area (Å²) in [5.74, 6) is 1.63. The Bertz CT molecular complexity index is 493. The van der Waals surface area contributed by atoms with Gasteiger partial charge in [0.1, 0.15) is 5.82 Å². The smallest absolute Gasteiger partial charge is 0.108 e. The zero-order valence-electron chi connectivity index (χ0n) is 10.3. The highest BCUT2D eigenvalue weighted by atomic mass is 79.9. The normalized spacial score (nSPS) is 12.6. The molecule has 0 aliphatic rings. The van der Waals surface area contributed by atoms with Gasteiger partial charge in [-0.3, -0.25) is 0 Å². The van der Waals surface area contributed by atoms with E-state index in [-0.39, 0.29) is 0 Å². The third-order valence-corrected chi connectivity index (χ3v) is 4.20. The summed E-state index contributed by atoms with van der Waals surface area (Å²) in [4.78, 5) is 4.36. The fourth-order valence-corrected chi connectivity index (χ4v) is 2.83. The van der Waals surface area contributed by atoms with Gasteiger partial charge in [0.25, 0.3) is 0 Å². The van der Waals surface area contributed by atoms with Crippen LogP contribution in [0.1, 0.15) is 23.7 Å². The Balaban J connectivity index is 2.01. The minimum Gasteiger partial charge on any atom is -0.338 e. The second-order valence-corrected chi connectivity index (χ2v) is 5.48. The molecule has 1 aromatic carbocycles. The van der Waals surface area contributed by atoms with Crippen LogP contribution < -0.4 is 0 Å². The summed E-state index contributed by atoms with van der Waals surface area (Å²) in [7, 11) is 2.04. The maximum atomic E-state index is 5.91. The molecule has 2 nitrogen and oxygen atoms in total. The fraction of sp³-hybridized carbons (Fsp3) is 0.357. The predicted molar refractivity (Wildman–Crippen MR) is 79.5 cm³/mol. The molecule has 2 aromatic rings. The number of hydrogen-bond acceptors (Lipinski definition) is 1. The monoisotopic (exact) mass is 326 g/mol. The lowest BCUT2D eigenvalue weighted by molar-refractivity contribution is 0.650. The van der Waals surface area contributed by atoms with Gasteiger partial charge < -0.3 is 4.57 Å². The second-order valence-electron chi connectivity index (χ2n) is 4.40. The number of imidazole rings is 1. The third kappa shape index (κ3) is 3.36. The topological polar surface area (TPSA) is 17.8 Å². The molecule has 96 valence electrons. The molecular weight excluding hydrogens is 312 g/mol. The van der Waals surface area contributed by atoms with Crippen LogP contribution in [-0.4, -0.2) is 14.9 Å². The molecule has 18 heavy (non-hydrogen) atoms. The minimum absolute atomic E-state index is 0.499. The van der Waals surface area contributed by atoms with Crippen LogP contribution in [0.4, 0.5) is 0 Å². The van der Waals surface area contributed by atoms with E-state index in [1.165, 1.54) is 5.56 Å². The summed E-state index contributed by atoms with van der Waals surface area (Å²) in [5, 5.41) is 1.75. The van der Waals surface area contributed by atoms with Gasteiger partial charge in [-0.1, -0.05) is 39.7 Å². The molecule has 1 aromatic heterocycles. The second kappa shape index (κ2) is 6.39. The zero-order valence-corrected chi connectivity index (χ0v) is 12.7. The van der Waals surface area contributed by atoms with Gasteiger partial charge in [-0.05, 0) is 30.0 Å². The van der Waals surface area contributed by atoms with Crippen molar-refractivity contribution in [3.8, 4) is 0 Å². The number of halogens is 2. The molecule has 0 saturated heterocycles. The van der Waals surface area contributed by atoms with Crippen LogP contribution in [0.2, 0.25) is 5.02 Å². The molecular formula is C14H16BrClN2. The largest absolute Gasteiger partial charge is 0.338 e. The van der Waals surface area contributed by atoms with Crippen LogP contribution in [0, 0.1) is 0 Å². The van der Waals surface area contributed by atoms with Gasteiger partial charge in [-0.25, -0.2) is 4.98 Å². The predicted octanol–water partition coefficient (Wildman–Crippen LogP) is 4.18. The molecule has 2 rings (SSSR count). The first kappa shape index (κ1) is 13.6. The first-order chi connectivity index (χ1) is 8.70. The Kier molecular flexibility index (Phi) is 4.84. The highest BCUT2D eigenvalue weighted by Crippen LogP contribution is 2.24. The average Bonchev–Trinajstić information content (AvgIpc) is 2.78. The standard InChI is InChI=1S/C14H16BrClN2/c1-18-9-8-17-14(18)7-4-12(10-15)11-2-5-13(16)6-3-11/h2-3,5-6,8-9,12H,4,7,10H2,1H3. The van der Waals surface area contributed by atoms with Crippen molar-refractivity contribution in [3.05, 3.63) is 53.1 Å². The van der Waals surface area contributed by atoms with E-state index in [1.54, 1.807) is 0 Å². The summed E-state index contributed by atoms with van der Waals surface area (Å²) in [6.07, 6.45) is 5.90. The first-order valence-electron chi connectivity index (χ1n) is 5.98. The number of aromatic nitrogens is 2. The molecule has 0 spiro atoms. The van der Waals surface area contributed by atoms with Crippen molar-refractivity contribution < 1.29 is 0 Å². The van der Waals surface area contributed by atoms with E-state index in [2.05, 4.69) is 37.6 Å². The van der Waals surface area contributed by atoms with E-state index < -0.39 is 0 Å². The van der Waals surface area contributed by atoms with E-state index in [1.807, 2.05) is 31.6 Å². The Morgan fingerprint density at radius 2 is 2.06 bits per heavy atom. The van der Waals surface area contributed by atoms with Crippen LogP contribution in [0.15, 0.2) is 36.7 Å². The number of alkyl halides is 1. The highest BCUT2D eigenvalue weighted by Gasteiger charge is 2.11. The molecule has 0 saturated carbocycles. The maximum Gasteiger partial charge on any atom is 0.108 e. The Hall–Kier alpha value is -0.800. The van der Waals surface area contributed by atoms with Gasteiger partial charge in [-0.15, -0.1) is 0 Å². The lowest BCUT2D eigenvalue weighted by Gasteiger charge is -2.14. The highest BCUT2D eigenvalue weighted by molar-refractivity contribution is 9.09. The molecule has 0 radical (unpaired) electrons. The summed E-state index contributed by atoms with van der Waals surface area (Å²) in [6, 6.07) is 8.11. The Morgan fingerprint density at radius 3 is 2.61 bits per heavy atom. The van der Waals surface area contributed by atoms with Crippen LogP contribution in [-0.2, 0) is 13.5 Å². The Labute approximate surface area is 121 Å². The van der Waals surface area contributed by atoms with Crippen molar-refractivity contribution >= 4 is 27.5 Å². The zero-order chi connectivity index (χ0) is 13.0. The number of nitrogens with zero attached hydrogens (tertiary/aromatic N) is 2. The third-order valence-electron chi connectivity index (χ3n) is 3.17. The van der Waals surface area contributed by atoms with E-state index in [0.29, 0.717) is 5.92 Å². The molecule has 4 heteroatoms. The van der Waals surface area contributed by atoms with Crippen LogP contribution in [0.5, 0.6) is 0 Å². The van der Waals surface area contributed by atoms with E-state index >= 15 is 0 Å². The average molecular weight is 328 g/mol. The minimum atomic E-state index is 0.499. The van der Waals surface area contributed by atoms with Gasteiger partial charge >= 0.3 is 0 Å². The quantitative estimate of drug-likeness (QED) is 0.753. The van der Waals surface area contributed by atoms with Crippen molar-refractivity contribution in [2.75, 3.05) is 5.33 Å². The molecule has 0 amide bonds. The molecule has 0 bridgehead atoms. The molecule has 0 aliphatic carbocycles. The van der Waals surface area contributed by atoms with Gasteiger partial charge in [0.15, 0.2) is 0 Å². The van der Waals surface area contributed by atoms with Crippen molar-refractivity contribution in [2.45, 2.75) is 18.8 Å². The Morgan fingerprint density at radius 1 is 1.33 bits per heavy atom. The lowest BCUT2D eigenvalue weighted by atomic mass is 9.96. The number of aryl methyl sites for hydroxylation is 2. The van der Waals surface area contributed by atoms with Gasteiger partial charge in [0.05, 0.1) is 0 Å². The molecule has 0 fully saturated rings. The van der Waals surface area contributed by atoms with Crippen molar-refractivity contribution in [1.82, 2.24) is 9.55 Å². The SMILES string of the molecule is Cn1ccnc1CCC(CBr)c1ccc(Cl)cc1. The summed E-state index contributed by atoms with van der Waals surface area (Å²) in [6.45, 7) is 0.